The zero-order valence-electron chi connectivity index (χ0n) is 18.6. The van der Waals surface area contributed by atoms with Gasteiger partial charge in [0, 0.05) is 30.0 Å². The van der Waals surface area contributed by atoms with Gasteiger partial charge in [-0.25, -0.2) is 0 Å². The molecule has 1 aliphatic rings. The minimum Gasteiger partial charge on any atom is -0.419 e. The number of nitrogens with zero attached hydrogens (tertiary/aromatic N) is 4. The maximum absolute atomic E-state index is 12.6. The maximum Gasteiger partial charge on any atom is 0.247 e. The molecular weight excluding hydrogens is 406 g/mol. The van der Waals surface area contributed by atoms with Crippen LogP contribution in [0.5, 0.6) is 0 Å². The van der Waals surface area contributed by atoms with Gasteiger partial charge in [-0.15, -0.1) is 10.2 Å². The van der Waals surface area contributed by atoms with Gasteiger partial charge in [-0.1, -0.05) is 24.6 Å². The number of likely N-dealkylation sites (N-methyl/N-ethyl adjacent to an activating group) is 1. The number of benzene rings is 2. The van der Waals surface area contributed by atoms with E-state index in [1.54, 1.807) is 0 Å². The van der Waals surface area contributed by atoms with E-state index in [0.29, 0.717) is 24.9 Å². The lowest BCUT2D eigenvalue weighted by atomic mass is 10.1. The van der Waals surface area contributed by atoms with Gasteiger partial charge in [0.1, 0.15) is 0 Å². The summed E-state index contributed by atoms with van der Waals surface area (Å²) in [4.78, 5) is 16.8. The monoisotopic (exact) mass is 435 g/mol. The van der Waals surface area contributed by atoms with E-state index in [9.17, 15) is 4.79 Å². The zero-order valence-corrected chi connectivity index (χ0v) is 18.6. The van der Waals surface area contributed by atoms with Crippen LogP contribution in [0.3, 0.4) is 0 Å². The van der Waals surface area contributed by atoms with Crippen LogP contribution in [0, 0.1) is 6.92 Å². The minimum absolute atomic E-state index is 0.0793. The van der Waals surface area contributed by atoms with Crippen molar-refractivity contribution < 1.29 is 13.9 Å². The molecule has 8 nitrogen and oxygen atoms in total. The van der Waals surface area contributed by atoms with Crippen LogP contribution in [-0.2, 0) is 16.1 Å². The summed E-state index contributed by atoms with van der Waals surface area (Å²) >= 11 is 0. The second kappa shape index (κ2) is 10.4. The average molecular weight is 436 g/mol. The number of rotatable bonds is 8. The van der Waals surface area contributed by atoms with Gasteiger partial charge in [-0.2, -0.15) is 0 Å². The highest BCUT2D eigenvalue weighted by molar-refractivity contribution is 5.92. The fourth-order valence-corrected chi connectivity index (χ4v) is 3.66. The number of amides is 1. The molecule has 0 unspecified atom stereocenters. The highest BCUT2D eigenvalue weighted by Gasteiger charge is 2.16. The SMILES string of the molecule is CCN(CC(=O)Nc1ccc(N2CCOCC2)cc1)Cc1nnc(-c2cccc(C)c2)o1. The van der Waals surface area contributed by atoms with Crippen molar-refractivity contribution in [2.45, 2.75) is 20.4 Å². The topological polar surface area (TPSA) is 83.7 Å². The molecule has 1 fully saturated rings. The highest BCUT2D eigenvalue weighted by atomic mass is 16.5. The number of carbonyl (C=O) groups is 1. The summed E-state index contributed by atoms with van der Waals surface area (Å²) in [6.07, 6.45) is 0. The van der Waals surface area contributed by atoms with Crippen molar-refractivity contribution in [2.75, 3.05) is 49.6 Å². The van der Waals surface area contributed by atoms with Crippen molar-refractivity contribution in [3.8, 4) is 11.5 Å². The van der Waals surface area contributed by atoms with E-state index in [4.69, 9.17) is 9.15 Å². The summed E-state index contributed by atoms with van der Waals surface area (Å²) in [6.45, 7) is 8.64. The Morgan fingerprint density at radius 2 is 1.91 bits per heavy atom. The Morgan fingerprint density at radius 3 is 2.62 bits per heavy atom. The van der Waals surface area contributed by atoms with Crippen LogP contribution in [0.25, 0.3) is 11.5 Å². The first-order chi connectivity index (χ1) is 15.6. The molecule has 0 bridgehead atoms. The second-order valence-electron chi connectivity index (χ2n) is 7.87. The van der Waals surface area contributed by atoms with Gasteiger partial charge < -0.3 is 19.4 Å². The Bertz CT molecular complexity index is 1030. The van der Waals surface area contributed by atoms with Crippen molar-refractivity contribution in [2.24, 2.45) is 0 Å². The van der Waals surface area contributed by atoms with E-state index in [1.165, 1.54) is 0 Å². The molecule has 3 aromatic rings. The van der Waals surface area contributed by atoms with Crippen LogP contribution < -0.4 is 10.2 Å². The van der Waals surface area contributed by atoms with Crippen molar-refractivity contribution in [1.29, 1.82) is 0 Å². The number of aryl methyl sites for hydroxylation is 1. The smallest absolute Gasteiger partial charge is 0.247 e. The summed E-state index contributed by atoms with van der Waals surface area (Å²) in [5.74, 6) is 0.903. The first-order valence-corrected chi connectivity index (χ1v) is 10.9. The molecule has 0 atom stereocenters. The molecule has 168 valence electrons. The molecule has 8 heteroatoms. The predicted octanol–water partition coefficient (Wildman–Crippen LogP) is 3.34. The van der Waals surface area contributed by atoms with Crippen molar-refractivity contribution in [1.82, 2.24) is 15.1 Å². The molecule has 2 aromatic carbocycles. The van der Waals surface area contributed by atoms with Crippen LogP contribution in [0.2, 0.25) is 0 Å². The largest absolute Gasteiger partial charge is 0.419 e. The van der Waals surface area contributed by atoms with Gasteiger partial charge in [0.2, 0.25) is 17.7 Å². The average Bonchev–Trinajstić information content (AvgIpc) is 3.28. The molecule has 0 aliphatic carbocycles. The maximum atomic E-state index is 12.6. The van der Waals surface area contributed by atoms with E-state index in [0.717, 1.165) is 48.8 Å². The molecule has 0 saturated carbocycles. The third-order valence-corrected chi connectivity index (χ3v) is 5.43. The fraction of sp³-hybridized carbons (Fsp3) is 0.375. The molecule has 1 N–H and O–H groups in total. The number of hydrogen-bond donors (Lipinski definition) is 1. The lowest BCUT2D eigenvalue weighted by Crippen LogP contribution is -2.36. The Morgan fingerprint density at radius 1 is 1.12 bits per heavy atom. The molecule has 1 aliphatic heterocycles. The molecule has 1 saturated heterocycles. The summed E-state index contributed by atoms with van der Waals surface area (Å²) < 4.78 is 11.2. The lowest BCUT2D eigenvalue weighted by Gasteiger charge is -2.28. The van der Waals surface area contributed by atoms with Gasteiger partial charge in [-0.05, 0) is 49.9 Å². The number of morpholine rings is 1. The Kier molecular flexibility index (Phi) is 7.14. The molecule has 0 radical (unpaired) electrons. The first-order valence-electron chi connectivity index (χ1n) is 10.9. The second-order valence-corrected chi connectivity index (χ2v) is 7.87. The van der Waals surface area contributed by atoms with Crippen LogP contribution in [0.1, 0.15) is 18.4 Å². The van der Waals surface area contributed by atoms with Gasteiger partial charge >= 0.3 is 0 Å². The van der Waals surface area contributed by atoms with Crippen LogP contribution in [0.15, 0.2) is 52.9 Å². The molecule has 2 heterocycles. The molecule has 4 rings (SSSR count). The molecule has 1 aromatic heterocycles. The van der Waals surface area contributed by atoms with Crippen LogP contribution in [-0.4, -0.2) is 60.4 Å². The molecule has 1 amide bonds. The van der Waals surface area contributed by atoms with E-state index in [-0.39, 0.29) is 12.5 Å². The number of anilines is 2. The summed E-state index contributed by atoms with van der Waals surface area (Å²) in [5, 5.41) is 11.3. The summed E-state index contributed by atoms with van der Waals surface area (Å²) in [5.41, 5.74) is 3.95. The van der Waals surface area contributed by atoms with E-state index >= 15 is 0 Å². The molecular formula is C24H29N5O3. The summed E-state index contributed by atoms with van der Waals surface area (Å²) in [6, 6.07) is 15.9. The zero-order chi connectivity index (χ0) is 22.3. The summed E-state index contributed by atoms with van der Waals surface area (Å²) in [7, 11) is 0. The predicted molar refractivity (Wildman–Crippen MR) is 124 cm³/mol. The Labute approximate surface area is 188 Å². The van der Waals surface area contributed by atoms with Gasteiger partial charge in [0.25, 0.3) is 0 Å². The van der Waals surface area contributed by atoms with E-state index in [1.807, 2.05) is 67.3 Å². The fourth-order valence-electron chi connectivity index (χ4n) is 3.66. The number of hydrogen-bond acceptors (Lipinski definition) is 7. The normalized spacial score (nSPS) is 14.0. The number of ether oxygens (including phenoxy) is 1. The standard InChI is InChI=1S/C24H29N5O3/c1-3-28(17-23-26-27-24(32-23)19-6-4-5-18(2)15-19)16-22(30)25-20-7-9-21(10-8-20)29-11-13-31-14-12-29/h4-10,15H,3,11-14,16-17H2,1-2H3,(H,25,30). The van der Waals surface area contributed by atoms with Crippen molar-refractivity contribution in [3.63, 3.8) is 0 Å². The highest BCUT2D eigenvalue weighted by Crippen LogP contribution is 2.20. The Hall–Kier alpha value is -3.23. The Balaban J connectivity index is 1.31. The van der Waals surface area contributed by atoms with E-state index in [2.05, 4.69) is 20.4 Å². The van der Waals surface area contributed by atoms with E-state index < -0.39 is 0 Å². The number of aromatic nitrogens is 2. The van der Waals surface area contributed by atoms with Crippen LogP contribution in [0.4, 0.5) is 11.4 Å². The van der Waals surface area contributed by atoms with Crippen LogP contribution >= 0.6 is 0 Å². The third kappa shape index (κ3) is 5.72. The minimum atomic E-state index is -0.0793. The lowest BCUT2D eigenvalue weighted by molar-refractivity contribution is -0.117. The number of carbonyl (C=O) groups excluding carboxylic acids is 1. The van der Waals surface area contributed by atoms with Crippen molar-refractivity contribution >= 4 is 17.3 Å². The first kappa shape index (κ1) is 22.0. The van der Waals surface area contributed by atoms with Gasteiger partial charge in [-0.3, -0.25) is 9.69 Å². The third-order valence-electron chi connectivity index (χ3n) is 5.43. The molecule has 32 heavy (non-hydrogen) atoms. The van der Waals surface area contributed by atoms with Gasteiger partial charge in [0.05, 0.1) is 26.3 Å². The number of nitrogens with one attached hydrogen (secondary N) is 1. The quantitative estimate of drug-likeness (QED) is 0.581. The van der Waals surface area contributed by atoms with Crippen molar-refractivity contribution in [3.05, 3.63) is 60.0 Å². The molecule has 0 spiro atoms. The van der Waals surface area contributed by atoms with Gasteiger partial charge in [0.15, 0.2) is 0 Å².